The zero-order valence-corrected chi connectivity index (χ0v) is 19.0. The van der Waals surface area contributed by atoms with Crippen LogP contribution in [0.5, 0.6) is 0 Å². The summed E-state index contributed by atoms with van der Waals surface area (Å²) in [6, 6.07) is 12.6. The second-order valence-corrected chi connectivity index (χ2v) is 10.5. The van der Waals surface area contributed by atoms with Crippen molar-refractivity contribution in [2.45, 2.75) is 9.24 Å². The molecule has 0 aliphatic rings. The molecule has 1 amide bonds. The van der Waals surface area contributed by atoms with Crippen LogP contribution in [0.25, 0.3) is 0 Å². The van der Waals surface area contributed by atoms with Crippen molar-refractivity contribution >= 4 is 61.4 Å². The second kappa shape index (κ2) is 9.61. The monoisotopic (exact) mass is 480 g/mol. The maximum absolute atomic E-state index is 13.0. The number of hydrogen-bond donors (Lipinski definition) is 1. The van der Waals surface area contributed by atoms with Crippen LogP contribution in [0.3, 0.4) is 0 Å². The number of anilines is 2. The van der Waals surface area contributed by atoms with Gasteiger partial charge in [0.25, 0.3) is 15.9 Å². The van der Waals surface area contributed by atoms with E-state index in [-0.39, 0.29) is 20.6 Å². The van der Waals surface area contributed by atoms with Gasteiger partial charge in [0.05, 0.1) is 21.2 Å². The van der Waals surface area contributed by atoms with Gasteiger partial charge in [-0.2, -0.15) is 0 Å². The Morgan fingerprint density at radius 2 is 2.00 bits per heavy atom. The van der Waals surface area contributed by atoms with E-state index in [9.17, 15) is 13.2 Å². The number of para-hydroxylation sites is 1. The number of nitrogens with one attached hydrogen (secondary N) is 1. The lowest BCUT2D eigenvalue weighted by molar-refractivity contribution is 0.102. The van der Waals surface area contributed by atoms with Gasteiger partial charge in [-0.05, 0) is 30.3 Å². The maximum Gasteiger partial charge on any atom is 0.264 e. The van der Waals surface area contributed by atoms with Crippen molar-refractivity contribution in [1.82, 2.24) is 10.2 Å². The second-order valence-electron chi connectivity index (χ2n) is 5.88. The molecule has 30 heavy (non-hydrogen) atoms. The first-order valence-electron chi connectivity index (χ1n) is 8.55. The van der Waals surface area contributed by atoms with Crippen LogP contribution in [-0.4, -0.2) is 37.3 Å². The molecular weight excluding hydrogens is 464 g/mol. The highest BCUT2D eigenvalue weighted by Gasteiger charge is 2.24. The fraction of sp³-hybridized carbons (Fsp3) is 0.105. The molecule has 1 heterocycles. The normalized spacial score (nSPS) is 11.1. The molecule has 0 saturated heterocycles. The number of thioether (sulfide) groups is 1. The molecule has 3 rings (SSSR count). The van der Waals surface area contributed by atoms with Gasteiger partial charge in [-0.1, -0.05) is 59.0 Å². The van der Waals surface area contributed by atoms with E-state index in [0.717, 1.165) is 4.31 Å². The van der Waals surface area contributed by atoms with E-state index < -0.39 is 15.9 Å². The van der Waals surface area contributed by atoms with Gasteiger partial charge in [-0.15, -0.1) is 16.8 Å². The molecule has 0 aliphatic heterocycles. The third-order valence-electron chi connectivity index (χ3n) is 3.91. The number of halogens is 1. The Balaban J connectivity index is 1.85. The van der Waals surface area contributed by atoms with Crippen molar-refractivity contribution in [1.29, 1.82) is 0 Å². The first-order valence-corrected chi connectivity index (χ1v) is 12.2. The molecule has 0 radical (unpaired) electrons. The fourth-order valence-electron chi connectivity index (χ4n) is 2.39. The van der Waals surface area contributed by atoms with Crippen LogP contribution < -0.4 is 9.62 Å². The number of carbonyl (C=O) groups is 1. The first kappa shape index (κ1) is 22.3. The number of benzene rings is 2. The molecule has 156 valence electrons. The number of rotatable bonds is 8. The Morgan fingerprint density at radius 3 is 2.70 bits per heavy atom. The van der Waals surface area contributed by atoms with Crippen LogP contribution in [0.15, 0.2) is 70.4 Å². The van der Waals surface area contributed by atoms with Crippen molar-refractivity contribution in [2.75, 3.05) is 22.4 Å². The molecule has 0 spiro atoms. The largest absolute Gasteiger partial charge is 0.296 e. The summed E-state index contributed by atoms with van der Waals surface area (Å²) in [5.41, 5.74) is 0.520. The predicted molar refractivity (Wildman–Crippen MR) is 122 cm³/mol. The van der Waals surface area contributed by atoms with Crippen LogP contribution in [0.4, 0.5) is 10.8 Å². The molecule has 2 aromatic carbocycles. The molecular formula is C19H17ClN4O3S3. The minimum atomic E-state index is -3.89. The molecule has 1 N–H and O–H groups in total. The number of carbonyl (C=O) groups excluding carboxylic acids is 1. The standard InChI is InChI=1S/C19H17ClN4O3S3/c1-3-11-28-19-23-22-18(29-19)21-17(25)15-12-14(9-10-16(15)20)30(26,27)24(2)13-7-5-4-6-8-13/h3-10,12H,1,11H2,2H3,(H,21,22,25). The summed E-state index contributed by atoms with van der Waals surface area (Å²) in [4.78, 5) is 12.6. The third-order valence-corrected chi connectivity index (χ3v) is 7.99. The lowest BCUT2D eigenvalue weighted by atomic mass is 10.2. The SMILES string of the molecule is C=CCSc1nnc(NC(=O)c2cc(S(=O)(=O)N(C)c3ccccc3)ccc2Cl)s1. The highest BCUT2D eigenvalue weighted by Crippen LogP contribution is 2.28. The molecule has 0 unspecified atom stereocenters. The summed E-state index contributed by atoms with van der Waals surface area (Å²) in [7, 11) is -2.44. The van der Waals surface area contributed by atoms with Gasteiger partial charge in [-0.25, -0.2) is 8.42 Å². The van der Waals surface area contributed by atoms with Crippen LogP contribution >= 0.6 is 34.7 Å². The summed E-state index contributed by atoms with van der Waals surface area (Å²) in [6.45, 7) is 3.64. The molecule has 0 saturated carbocycles. The Kier molecular flexibility index (Phi) is 7.14. The van der Waals surface area contributed by atoms with Gasteiger partial charge >= 0.3 is 0 Å². The van der Waals surface area contributed by atoms with Gasteiger partial charge in [-0.3, -0.25) is 14.4 Å². The summed E-state index contributed by atoms with van der Waals surface area (Å²) < 4.78 is 27.8. The Morgan fingerprint density at radius 1 is 1.27 bits per heavy atom. The molecule has 0 bridgehead atoms. The highest BCUT2D eigenvalue weighted by atomic mass is 35.5. The maximum atomic E-state index is 13.0. The van der Waals surface area contributed by atoms with Crippen molar-refractivity contribution < 1.29 is 13.2 Å². The molecule has 0 fully saturated rings. The minimum Gasteiger partial charge on any atom is -0.296 e. The Hall–Kier alpha value is -2.40. The Bertz CT molecular complexity index is 1170. The smallest absolute Gasteiger partial charge is 0.264 e. The zero-order chi connectivity index (χ0) is 21.7. The number of sulfonamides is 1. The van der Waals surface area contributed by atoms with E-state index >= 15 is 0 Å². The average molecular weight is 481 g/mol. The van der Waals surface area contributed by atoms with Crippen molar-refractivity contribution in [3.05, 3.63) is 71.8 Å². The van der Waals surface area contributed by atoms with E-state index in [1.807, 2.05) is 0 Å². The van der Waals surface area contributed by atoms with Crippen molar-refractivity contribution in [3.63, 3.8) is 0 Å². The number of nitrogens with zero attached hydrogens (tertiary/aromatic N) is 3. The number of hydrogen-bond acceptors (Lipinski definition) is 7. The van der Waals surface area contributed by atoms with E-state index in [2.05, 4.69) is 22.1 Å². The lowest BCUT2D eigenvalue weighted by Gasteiger charge is -2.20. The summed E-state index contributed by atoms with van der Waals surface area (Å²) in [5.74, 6) is 0.0966. The predicted octanol–water partition coefficient (Wildman–Crippen LogP) is 4.55. The quantitative estimate of drug-likeness (QED) is 0.289. The van der Waals surface area contributed by atoms with Crippen molar-refractivity contribution in [3.8, 4) is 0 Å². The highest BCUT2D eigenvalue weighted by molar-refractivity contribution is 8.01. The van der Waals surface area contributed by atoms with Crippen LogP contribution in [0.1, 0.15) is 10.4 Å². The molecule has 1 aromatic heterocycles. The molecule has 3 aromatic rings. The zero-order valence-electron chi connectivity index (χ0n) is 15.8. The van der Waals surface area contributed by atoms with Gasteiger partial charge < -0.3 is 0 Å². The molecule has 11 heteroatoms. The summed E-state index contributed by atoms with van der Waals surface area (Å²) in [5, 5.41) is 10.9. The van der Waals surface area contributed by atoms with Crippen LogP contribution in [0.2, 0.25) is 5.02 Å². The summed E-state index contributed by atoms with van der Waals surface area (Å²) >= 11 is 8.80. The topological polar surface area (TPSA) is 92.3 Å². The minimum absolute atomic E-state index is 0.0229. The number of aromatic nitrogens is 2. The van der Waals surface area contributed by atoms with Gasteiger partial charge in [0.15, 0.2) is 4.34 Å². The van der Waals surface area contributed by atoms with Gasteiger partial charge in [0.1, 0.15) is 0 Å². The molecule has 7 nitrogen and oxygen atoms in total. The lowest BCUT2D eigenvalue weighted by Crippen LogP contribution is -2.27. The molecule has 0 aliphatic carbocycles. The average Bonchev–Trinajstić information content (AvgIpc) is 3.19. The van der Waals surface area contributed by atoms with Gasteiger partial charge in [0.2, 0.25) is 5.13 Å². The number of amides is 1. The third kappa shape index (κ3) is 5.01. The fourth-order valence-corrected chi connectivity index (χ4v) is 5.32. The summed E-state index contributed by atoms with van der Waals surface area (Å²) in [6.07, 6.45) is 1.74. The van der Waals surface area contributed by atoms with E-state index in [4.69, 9.17) is 11.6 Å². The Labute approximate surface area is 187 Å². The van der Waals surface area contributed by atoms with Crippen LogP contribution in [0, 0.1) is 0 Å². The first-order chi connectivity index (χ1) is 14.3. The molecule has 0 atom stereocenters. The van der Waals surface area contributed by atoms with Crippen molar-refractivity contribution in [2.24, 2.45) is 0 Å². The van der Waals surface area contributed by atoms with E-state index in [1.54, 1.807) is 36.4 Å². The van der Waals surface area contributed by atoms with Crippen LogP contribution in [-0.2, 0) is 10.0 Å². The van der Waals surface area contributed by atoms with E-state index in [0.29, 0.717) is 15.8 Å². The van der Waals surface area contributed by atoms with E-state index in [1.165, 1.54) is 48.3 Å². The van der Waals surface area contributed by atoms with Gasteiger partial charge in [0, 0.05) is 12.8 Å².